The highest BCUT2D eigenvalue weighted by atomic mass is 79.9. The molecule has 3 fully saturated rings. The van der Waals surface area contributed by atoms with E-state index < -0.39 is 0 Å². The lowest BCUT2D eigenvalue weighted by Gasteiger charge is -2.37. The molecule has 6 unspecified atom stereocenters. The number of amides is 3. The lowest BCUT2D eigenvalue weighted by atomic mass is 9.63. The van der Waals surface area contributed by atoms with Crippen LogP contribution < -0.4 is 4.90 Å². The SMILES string of the molecule is Cc1ccccc1C(=O)N(CN1C(=O)C2C3C=CC(C4CC34)C2C1=O)c1cc(Cl)c(Br)cc1C. The molecule has 1 heterocycles. The van der Waals surface area contributed by atoms with Crippen molar-refractivity contribution in [2.45, 2.75) is 20.3 Å². The summed E-state index contributed by atoms with van der Waals surface area (Å²) in [6.45, 7) is 3.65. The molecule has 4 aliphatic carbocycles. The van der Waals surface area contributed by atoms with Gasteiger partial charge in [-0.2, -0.15) is 0 Å². The molecule has 2 aromatic carbocycles. The fourth-order valence-corrected chi connectivity index (χ4v) is 7.05. The summed E-state index contributed by atoms with van der Waals surface area (Å²) in [4.78, 5) is 43.9. The summed E-state index contributed by atoms with van der Waals surface area (Å²) in [7, 11) is 0. The van der Waals surface area contributed by atoms with Gasteiger partial charge in [0.15, 0.2) is 0 Å². The van der Waals surface area contributed by atoms with Gasteiger partial charge in [-0.15, -0.1) is 0 Å². The molecule has 6 atom stereocenters. The second kappa shape index (κ2) is 7.79. The van der Waals surface area contributed by atoms with Crippen LogP contribution >= 0.6 is 27.5 Å². The lowest BCUT2D eigenvalue weighted by Crippen LogP contribution is -2.45. The summed E-state index contributed by atoms with van der Waals surface area (Å²) in [5.74, 6) is 0.199. The Balaban J connectivity index is 1.39. The standard InChI is InChI=1S/C27H24BrClN2O3/c1-13-5-3-4-6-15(13)25(32)30(22-11-21(29)20(28)9-14(22)2)12-31-26(33)23-16-7-8-17(19-10-18(16)19)24(23)27(31)34/h3-9,11,16-19,23-24H,10,12H2,1-2H3. The smallest absolute Gasteiger partial charge is 0.260 e. The summed E-state index contributed by atoms with van der Waals surface area (Å²) in [6, 6.07) is 10.9. The van der Waals surface area contributed by atoms with Crippen molar-refractivity contribution in [3.63, 3.8) is 0 Å². The van der Waals surface area contributed by atoms with Crippen LogP contribution in [0.5, 0.6) is 0 Å². The van der Waals surface area contributed by atoms with Gasteiger partial charge in [0.2, 0.25) is 11.8 Å². The number of halogens is 2. The first-order valence-electron chi connectivity index (χ1n) is 11.6. The lowest BCUT2D eigenvalue weighted by molar-refractivity contribution is -0.140. The summed E-state index contributed by atoms with van der Waals surface area (Å²) < 4.78 is 0.722. The van der Waals surface area contributed by atoms with Crippen LogP contribution in [0.25, 0.3) is 0 Å². The first-order chi connectivity index (χ1) is 16.3. The summed E-state index contributed by atoms with van der Waals surface area (Å²) >= 11 is 9.85. The summed E-state index contributed by atoms with van der Waals surface area (Å²) in [5, 5.41) is 0.457. The predicted octanol–water partition coefficient (Wildman–Crippen LogP) is 5.38. The maximum atomic E-state index is 13.8. The number of anilines is 1. The number of hydrogen-bond donors (Lipinski definition) is 0. The average Bonchev–Trinajstić information content (AvgIpc) is 3.60. The van der Waals surface area contributed by atoms with Gasteiger partial charge in [0, 0.05) is 10.0 Å². The van der Waals surface area contributed by atoms with Crippen molar-refractivity contribution in [2.24, 2.45) is 35.5 Å². The third kappa shape index (κ3) is 3.14. The van der Waals surface area contributed by atoms with E-state index in [4.69, 9.17) is 11.6 Å². The van der Waals surface area contributed by atoms with Gasteiger partial charge >= 0.3 is 0 Å². The molecule has 3 amide bonds. The van der Waals surface area contributed by atoms with Crippen LogP contribution in [0, 0.1) is 49.4 Å². The highest BCUT2D eigenvalue weighted by Gasteiger charge is 2.67. The Morgan fingerprint density at radius 2 is 1.65 bits per heavy atom. The molecule has 174 valence electrons. The number of imide groups is 1. The van der Waals surface area contributed by atoms with Crippen molar-refractivity contribution in [3.05, 3.63) is 74.7 Å². The van der Waals surface area contributed by atoms with E-state index in [1.54, 1.807) is 12.1 Å². The minimum absolute atomic E-state index is 0.120. The molecular weight excluding hydrogens is 516 g/mol. The number of aryl methyl sites for hydroxylation is 2. The van der Waals surface area contributed by atoms with Gasteiger partial charge in [-0.3, -0.25) is 24.2 Å². The third-order valence-corrected chi connectivity index (χ3v) is 9.38. The predicted molar refractivity (Wildman–Crippen MR) is 133 cm³/mol. The van der Waals surface area contributed by atoms with Crippen LogP contribution in [-0.2, 0) is 9.59 Å². The monoisotopic (exact) mass is 538 g/mol. The van der Waals surface area contributed by atoms with E-state index in [-0.39, 0.29) is 48.1 Å². The number of nitrogens with zero attached hydrogens (tertiary/aromatic N) is 2. The van der Waals surface area contributed by atoms with Crippen molar-refractivity contribution >= 4 is 50.9 Å². The fraction of sp³-hybridized carbons (Fsp3) is 0.370. The zero-order chi connectivity index (χ0) is 23.9. The van der Waals surface area contributed by atoms with Crippen LogP contribution in [0.2, 0.25) is 5.02 Å². The molecule has 2 aromatic rings. The van der Waals surface area contributed by atoms with Crippen LogP contribution in [0.15, 0.2) is 53.0 Å². The van der Waals surface area contributed by atoms with Crippen molar-refractivity contribution in [1.82, 2.24) is 4.90 Å². The van der Waals surface area contributed by atoms with Gasteiger partial charge in [0.05, 0.1) is 22.5 Å². The summed E-state index contributed by atoms with van der Waals surface area (Å²) in [6.07, 6.45) is 5.43. The Morgan fingerprint density at radius 1 is 1.03 bits per heavy atom. The van der Waals surface area contributed by atoms with E-state index in [0.717, 1.165) is 22.0 Å². The molecule has 2 saturated carbocycles. The maximum absolute atomic E-state index is 13.8. The van der Waals surface area contributed by atoms with Gasteiger partial charge in [-0.1, -0.05) is 42.0 Å². The van der Waals surface area contributed by atoms with Crippen molar-refractivity contribution in [1.29, 1.82) is 0 Å². The Bertz CT molecular complexity index is 1250. The first kappa shape index (κ1) is 22.1. The van der Waals surface area contributed by atoms with E-state index in [1.807, 2.05) is 38.1 Å². The Kier molecular flexibility index (Phi) is 5.05. The molecular formula is C27H24BrClN2O3. The zero-order valence-corrected chi connectivity index (χ0v) is 21.2. The van der Waals surface area contributed by atoms with Gasteiger partial charge in [0.1, 0.15) is 6.67 Å². The molecule has 1 aliphatic heterocycles. The Morgan fingerprint density at radius 3 is 2.26 bits per heavy atom. The van der Waals surface area contributed by atoms with E-state index in [0.29, 0.717) is 28.1 Å². The first-order valence-corrected chi connectivity index (χ1v) is 12.8. The number of benzene rings is 2. The van der Waals surface area contributed by atoms with Crippen molar-refractivity contribution in [3.8, 4) is 0 Å². The number of carbonyl (C=O) groups excluding carboxylic acids is 3. The molecule has 5 nitrogen and oxygen atoms in total. The molecule has 7 heteroatoms. The zero-order valence-electron chi connectivity index (χ0n) is 18.9. The summed E-state index contributed by atoms with van der Waals surface area (Å²) in [5.41, 5.74) is 2.76. The van der Waals surface area contributed by atoms with Crippen LogP contribution in [0.3, 0.4) is 0 Å². The maximum Gasteiger partial charge on any atom is 0.260 e. The second-order valence-corrected chi connectivity index (χ2v) is 11.3. The van der Waals surface area contributed by atoms with Crippen molar-refractivity contribution in [2.75, 3.05) is 11.6 Å². The van der Waals surface area contributed by atoms with Gasteiger partial charge in [-0.25, -0.2) is 0 Å². The molecule has 7 rings (SSSR count). The van der Waals surface area contributed by atoms with Crippen molar-refractivity contribution < 1.29 is 14.4 Å². The topological polar surface area (TPSA) is 57.7 Å². The molecule has 0 spiro atoms. The molecule has 0 radical (unpaired) electrons. The minimum atomic E-state index is -0.295. The normalized spacial score (nSPS) is 30.4. The average molecular weight is 540 g/mol. The number of rotatable bonds is 4. The molecule has 0 aromatic heterocycles. The molecule has 0 N–H and O–H groups in total. The third-order valence-electron chi connectivity index (χ3n) is 8.19. The largest absolute Gasteiger partial charge is 0.289 e. The fourth-order valence-electron chi connectivity index (χ4n) is 6.43. The van der Waals surface area contributed by atoms with Crippen LogP contribution in [0.4, 0.5) is 5.69 Å². The van der Waals surface area contributed by atoms with Crippen LogP contribution in [0.1, 0.15) is 27.9 Å². The Labute approximate surface area is 211 Å². The van der Waals surface area contributed by atoms with E-state index in [2.05, 4.69) is 28.1 Å². The van der Waals surface area contributed by atoms with Gasteiger partial charge < -0.3 is 0 Å². The highest BCUT2D eigenvalue weighted by molar-refractivity contribution is 9.10. The number of likely N-dealkylation sites (tertiary alicyclic amines) is 1. The molecule has 5 aliphatic rings. The quantitative estimate of drug-likeness (QED) is 0.387. The van der Waals surface area contributed by atoms with E-state index >= 15 is 0 Å². The van der Waals surface area contributed by atoms with Gasteiger partial charge in [0.25, 0.3) is 5.91 Å². The van der Waals surface area contributed by atoms with E-state index in [1.165, 1.54) is 9.80 Å². The number of carbonyl (C=O) groups is 3. The molecule has 34 heavy (non-hydrogen) atoms. The Hall–Kier alpha value is -2.44. The molecule has 2 bridgehead atoms. The van der Waals surface area contributed by atoms with Gasteiger partial charge in [-0.05, 0) is 89.2 Å². The number of hydrogen-bond acceptors (Lipinski definition) is 3. The van der Waals surface area contributed by atoms with Crippen LogP contribution in [-0.4, -0.2) is 29.3 Å². The number of allylic oxidation sites excluding steroid dienone is 2. The minimum Gasteiger partial charge on any atom is -0.289 e. The van der Waals surface area contributed by atoms with E-state index in [9.17, 15) is 14.4 Å². The second-order valence-electron chi connectivity index (χ2n) is 10.0. The highest BCUT2D eigenvalue weighted by Crippen LogP contribution is 2.65. The molecule has 1 saturated heterocycles.